The minimum Gasteiger partial charge on any atom is -0.336 e. The van der Waals surface area contributed by atoms with Crippen molar-refractivity contribution in [1.82, 2.24) is 4.90 Å². The molecular weight excluding hydrogens is 444 g/mol. The summed E-state index contributed by atoms with van der Waals surface area (Å²) in [6.07, 6.45) is 0.753. The van der Waals surface area contributed by atoms with Gasteiger partial charge in [0.25, 0.3) is 10.0 Å². The van der Waals surface area contributed by atoms with Crippen molar-refractivity contribution < 1.29 is 13.2 Å². The predicted molar refractivity (Wildman–Crippen MR) is 127 cm³/mol. The third-order valence-corrected chi connectivity index (χ3v) is 8.01. The lowest BCUT2D eigenvalue weighted by molar-refractivity contribution is -0.130. The minimum atomic E-state index is -3.97. The lowest BCUT2D eigenvalue weighted by Crippen LogP contribution is -2.44. The molecule has 0 aliphatic carbocycles. The molecule has 7 heteroatoms. The molecule has 0 atom stereocenters. The Kier molecular flexibility index (Phi) is 6.26. The summed E-state index contributed by atoms with van der Waals surface area (Å²) in [6, 6.07) is 19.7. The number of fused-ring (bicyclic) bond motifs is 1. The van der Waals surface area contributed by atoms with Crippen LogP contribution >= 0.6 is 11.6 Å². The normalized spacial score (nSPS) is 13.5. The molecule has 4 rings (SSSR count). The lowest BCUT2D eigenvalue weighted by Gasteiger charge is -2.32. The molecule has 1 amide bonds. The van der Waals surface area contributed by atoms with E-state index >= 15 is 0 Å². The molecular formula is C25H25ClN2O3S. The van der Waals surface area contributed by atoms with E-state index in [9.17, 15) is 13.2 Å². The van der Waals surface area contributed by atoms with Crippen LogP contribution in [0.2, 0.25) is 5.02 Å². The fourth-order valence-electron chi connectivity index (χ4n) is 3.82. The highest BCUT2D eigenvalue weighted by Gasteiger charge is 2.30. The second-order valence-corrected chi connectivity index (χ2v) is 10.4. The van der Waals surface area contributed by atoms with Crippen LogP contribution < -0.4 is 4.31 Å². The Morgan fingerprint density at radius 2 is 1.69 bits per heavy atom. The van der Waals surface area contributed by atoms with Crippen molar-refractivity contribution in [3.05, 3.63) is 94.0 Å². The Labute approximate surface area is 194 Å². The molecule has 0 N–H and O–H groups in total. The molecule has 1 aliphatic heterocycles. The van der Waals surface area contributed by atoms with E-state index in [0.29, 0.717) is 23.8 Å². The summed E-state index contributed by atoms with van der Waals surface area (Å²) in [5, 5.41) is 0.450. The van der Waals surface area contributed by atoms with Crippen molar-refractivity contribution in [1.29, 1.82) is 0 Å². The highest BCUT2D eigenvalue weighted by Crippen LogP contribution is 2.29. The molecule has 166 valence electrons. The SMILES string of the molecule is Cc1ccc(S(=O)(=O)N(CC(=O)N2CCc3ccccc3C2)c2ccc(C)c(Cl)c2)cc1. The smallest absolute Gasteiger partial charge is 0.264 e. The van der Waals surface area contributed by atoms with Gasteiger partial charge < -0.3 is 4.90 Å². The number of carbonyl (C=O) groups is 1. The topological polar surface area (TPSA) is 57.7 Å². The number of anilines is 1. The van der Waals surface area contributed by atoms with Gasteiger partial charge in [0, 0.05) is 18.1 Å². The summed E-state index contributed by atoms with van der Waals surface area (Å²) in [5.41, 5.74) is 4.48. The average Bonchev–Trinajstić information content (AvgIpc) is 2.79. The third kappa shape index (κ3) is 4.52. The van der Waals surface area contributed by atoms with Crippen molar-refractivity contribution in [2.45, 2.75) is 31.7 Å². The van der Waals surface area contributed by atoms with E-state index in [4.69, 9.17) is 11.6 Å². The van der Waals surface area contributed by atoms with Crippen LogP contribution in [0.1, 0.15) is 22.3 Å². The molecule has 0 saturated heterocycles. The molecule has 0 saturated carbocycles. The van der Waals surface area contributed by atoms with Crippen LogP contribution in [0.25, 0.3) is 0 Å². The summed E-state index contributed by atoms with van der Waals surface area (Å²) in [4.78, 5) is 15.1. The summed E-state index contributed by atoms with van der Waals surface area (Å²) in [6.45, 7) is 4.48. The Hall–Kier alpha value is -2.83. The van der Waals surface area contributed by atoms with Crippen LogP contribution in [0, 0.1) is 13.8 Å². The summed E-state index contributed by atoms with van der Waals surface area (Å²) in [7, 11) is -3.97. The minimum absolute atomic E-state index is 0.136. The molecule has 32 heavy (non-hydrogen) atoms. The monoisotopic (exact) mass is 468 g/mol. The van der Waals surface area contributed by atoms with Gasteiger partial charge in [-0.25, -0.2) is 8.42 Å². The Balaban J connectivity index is 1.67. The van der Waals surface area contributed by atoms with Crippen LogP contribution in [-0.2, 0) is 27.8 Å². The third-order valence-electron chi connectivity index (χ3n) is 5.81. The largest absolute Gasteiger partial charge is 0.336 e. The van der Waals surface area contributed by atoms with Crippen molar-refractivity contribution in [3.8, 4) is 0 Å². The number of amides is 1. The number of benzene rings is 3. The fraction of sp³-hybridized carbons (Fsp3) is 0.240. The van der Waals surface area contributed by atoms with Crippen LogP contribution in [0.3, 0.4) is 0 Å². The number of sulfonamides is 1. The molecule has 0 spiro atoms. The number of rotatable bonds is 5. The molecule has 1 aliphatic rings. The van der Waals surface area contributed by atoms with Crippen molar-refractivity contribution in [2.24, 2.45) is 0 Å². The van der Waals surface area contributed by atoms with Gasteiger partial charge in [-0.3, -0.25) is 9.10 Å². The lowest BCUT2D eigenvalue weighted by atomic mass is 10.00. The molecule has 0 radical (unpaired) electrons. The van der Waals surface area contributed by atoms with E-state index in [-0.39, 0.29) is 17.3 Å². The maximum absolute atomic E-state index is 13.6. The average molecular weight is 469 g/mol. The van der Waals surface area contributed by atoms with Gasteiger partial charge in [-0.15, -0.1) is 0 Å². The van der Waals surface area contributed by atoms with Gasteiger partial charge in [0.1, 0.15) is 6.54 Å². The van der Waals surface area contributed by atoms with Gasteiger partial charge in [0.15, 0.2) is 0 Å². The first-order valence-electron chi connectivity index (χ1n) is 10.5. The Morgan fingerprint density at radius 1 is 1.00 bits per heavy atom. The Morgan fingerprint density at radius 3 is 2.38 bits per heavy atom. The van der Waals surface area contributed by atoms with E-state index in [0.717, 1.165) is 27.4 Å². The molecule has 5 nitrogen and oxygen atoms in total. The number of nitrogens with zero attached hydrogens (tertiary/aromatic N) is 2. The van der Waals surface area contributed by atoms with Gasteiger partial charge in [0.2, 0.25) is 5.91 Å². The van der Waals surface area contributed by atoms with Crippen molar-refractivity contribution >= 4 is 33.2 Å². The van der Waals surface area contributed by atoms with E-state index in [1.165, 1.54) is 5.56 Å². The molecule has 3 aromatic rings. The molecule has 1 heterocycles. The van der Waals surface area contributed by atoms with Crippen LogP contribution in [-0.4, -0.2) is 32.3 Å². The highest BCUT2D eigenvalue weighted by molar-refractivity contribution is 7.92. The summed E-state index contributed by atoms with van der Waals surface area (Å²) >= 11 is 6.30. The highest BCUT2D eigenvalue weighted by atomic mass is 35.5. The summed E-state index contributed by atoms with van der Waals surface area (Å²) < 4.78 is 28.3. The number of hydrogen-bond acceptors (Lipinski definition) is 3. The number of halogens is 1. The number of carbonyl (C=O) groups excluding carboxylic acids is 1. The van der Waals surface area contributed by atoms with Gasteiger partial charge in [0.05, 0.1) is 10.6 Å². The Bertz CT molecular complexity index is 1260. The van der Waals surface area contributed by atoms with Crippen LogP contribution in [0.5, 0.6) is 0 Å². The van der Waals surface area contributed by atoms with Crippen LogP contribution in [0.4, 0.5) is 5.69 Å². The van der Waals surface area contributed by atoms with Gasteiger partial charge in [-0.2, -0.15) is 0 Å². The standard InChI is InChI=1S/C25H25ClN2O3S/c1-18-7-11-23(12-8-18)32(30,31)28(22-10-9-19(2)24(26)15-22)17-25(29)27-14-13-20-5-3-4-6-21(20)16-27/h3-12,15H,13-14,16-17H2,1-2H3. The van der Waals surface area contributed by atoms with E-state index in [1.807, 2.05) is 32.0 Å². The van der Waals surface area contributed by atoms with E-state index in [1.54, 1.807) is 47.4 Å². The second-order valence-electron chi connectivity index (χ2n) is 8.09. The summed E-state index contributed by atoms with van der Waals surface area (Å²) in [5.74, 6) is -0.244. The zero-order valence-corrected chi connectivity index (χ0v) is 19.7. The van der Waals surface area contributed by atoms with E-state index < -0.39 is 10.0 Å². The first-order valence-corrected chi connectivity index (χ1v) is 12.3. The molecule has 3 aromatic carbocycles. The molecule has 0 bridgehead atoms. The van der Waals surface area contributed by atoms with Crippen LogP contribution in [0.15, 0.2) is 71.6 Å². The molecule has 0 aromatic heterocycles. The zero-order chi connectivity index (χ0) is 22.9. The quantitative estimate of drug-likeness (QED) is 0.543. The molecule has 0 unspecified atom stereocenters. The maximum Gasteiger partial charge on any atom is 0.264 e. The van der Waals surface area contributed by atoms with Crippen molar-refractivity contribution in [2.75, 3.05) is 17.4 Å². The van der Waals surface area contributed by atoms with Crippen molar-refractivity contribution in [3.63, 3.8) is 0 Å². The maximum atomic E-state index is 13.6. The van der Waals surface area contributed by atoms with E-state index in [2.05, 4.69) is 6.07 Å². The first kappa shape index (κ1) is 22.4. The zero-order valence-electron chi connectivity index (χ0n) is 18.1. The second kappa shape index (κ2) is 8.96. The number of hydrogen-bond donors (Lipinski definition) is 0. The van der Waals surface area contributed by atoms with Gasteiger partial charge >= 0.3 is 0 Å². The first-order chi connectivity index (χ1) is 15.3. The predicted octanol–water partition coefficient (Wildman–Crippen LogP) is 4.74. The van der Waals surface area contributed by atoms with Gasteiger partial charge in [-0.1, -0.05) is 59.6 Å². The number of aryl methyl sites for hydroxylation is 2. The molecule has 0 fully saturated rings. The van der Waals surface area contributed by atoms with Gasteiger partial charge in [-0.05, 0) is 61.2 Å². The fourth-order valence-corrected chi connectivity index (χ4v) is 5.40.